The highest BCUT2D eigenvalue weighted by Crippen LogP contribution is 2.74. The van der Waals surface area contributed by atoms with Crippen molar-refractivity contribution in [3.05, 3.63) is 35.4 Å². The topological polar surface area (TPSA) is 34.1 Å². The van der Waals surface area contributed by atoms with Crippen LogP contribution in [0, 0.1) is 17.8 Å². The van der Waals surface area contributed by atoms with Crippen molar-refractivity contribution in [1.82, 2.24) is 0 Å². The molecule has 0 unspecified atom stereocenters. The molecule has 0 saturated heterocycles. The molecule has 0 aliphatic heterocycles. The fraction of sp³-hybridized carbons (Fsp3) is 0.571. The van der Waals surface area contributed by atoms with Crippen molar-refractivity contribution in [2.24, 2.45) is 10.8 Å². The van der Waals surface area contributed by atoms with E-state index < -0.39 is 9.05 Å². The van der Waals surface area contributed by atoms with Crippen LogP contribution in [0.1, 0.15) is 30.4 Å². The second-order valence-electron chi connectivity index (χ2n) is 6.38. The molecule has 2 nitrogen and oxygen atoms in total. The minimum atomic E-state index is -3.34. The first kappa shape index (κ1) is 12.5. The van der Waals surface area contributed by atoms with Gasteiger partial charge in [-0.3, -0.25) is 0 Å². The van der Waals surface area contributed by atoms with Gasteiger partial charge in [0.25, 0.3) is 0 Å². The van der Waals surface area contributed by atoms with E-state index in [-0.39, 0.29) is 11.2 Å². The van der Waals surface area contributed by atoms with Crippen LogP contribution in [0.25, 0.3) is 0 Å². The van der Waals surface area contributed by atoms with E-state index in [1.165, 1.54) is 11.1 Å². The SMILES string of the molecule is Cc1cccc(CC23CC(CS(=O)(=O)Cl)(C2)C3)c1. The van der Waals surface area contributed by atoms with Crippen molar-refractivity contribution < 1.29 is 8.42 Å². The molecule has 0 aromatic heterocycles. The lowest BCUT2D eigenvalue weighted by Gasteiger charge is -2.71. The zero-order valence-corrected chi connectivity index (χ0v) is 12.0. The van der Waals surface area contributed by atoms with Crippen molar-refractivity contribution in [1.29, 1.82) is 0 Å². The molecule has 4 rings (SSSR count). The molecule has 2 bridgehead atoms. The number of halogens is 1. The summed E-state index contributed by atoms with van der Waals surface area (Å²) in [5.41, 5.74) is 3.05. The van der Waals surface area contributed by atoms with E-state index in [0.717, 1.165) is 25.7 Å². The number of benzene rings is 1. The molecule has 1 aromatic rings. The van der Waals surface area contributed by atoms with Crippen molar-refractivity contribution >= 4 is 19.7 Å². The largest absolute Gasteiger partial charge is 0.233 e. The van der Waals surface area contributed by atoms with E-state index >= 15 is 0 Å². The van der Waals surface area contributed by atoms with Crippen LogP contribution in [0.4, 0.5) is 0 Å². The first-order valence-electron chi connectivity index (χ1n) is 6.28. The normalized spacial score (nSPS) is 33.7. The van der Waals surface area contributed by atoms with Crippen LogP contribution in [0.3, 0.4) is 0 Å². The average molecular weight is 285 g/mol. The van der Waals surface area contributed by atoms with Crippen LogP contribution in [0.2, 0.25) is 0 Å². The molecule has 0 N–H and O–H groups in total. The van der Waals surface area contributed by atoms with Crippen LogP contribution in [-0.2, 0) is 15.5 Å². The van der Waals surface area contributed by atoms with E-state index in [4.69, 9.17) is 10.7 Å². The van der Waals surface area contributed by atoms with E-state index in [1.807, 2.05) is 0 Å². The molecular weight excluding hydrogens is 268 g/mol. The number of hydrogen-bond acceptors (Lipinski definition) is 2. The summed E-state index contributed by atoms with van der Waals surface area (Å²) in [6.45, 7) is 2.10. The van der Waals surface area contributed by atoms with Gasteiger partial charge in [0.15, 0.2) is 0 Å². The van der Waals surface area contributed by atoms with Gasteiger partial charge < -0.3 is 0 Å². The molecule has 0 radical (unpaired) electrons. The third-order valence-electron chi connectivity index (χ3n) is 4.39. The molecule has 1 aromatic carbocycles. The second-order valence-corrected chi connectivity index (χ2v) is 9.16. The lowest BCUT2D eigenvalue weighted by molar-refractivity contribution is -0.186. The summed E-state index contributed by atoms with van der Waals surface area (Å²) in [6, 6.07) is 8.59. The minimum Gasteiger partial charge on any atom is -0.212 e. The van der Waals surface area contributed by atoms with E-state index in [0.29, 0.717) is 5.41 Å². The standard InChI is InChI=1S/C14H17ClO2S/c1-11-3-2-4-12(5-11)6-13-7-14(8-13,9-13)10-18(15,16)17/h2-5H,6-10H2,1H3. The summed E-state index contributed by atoms with van der Waals surface area (Å²) in [6.07, 6.45) is 4.17. The van der Waals surface area contributed by atoms with Crippen LogP contribution >= 0.6 is 10.7 Å². The Balaban J connectivity index is 1.64. The molecule has 0 spiro atoms. The summed E-state index contributed by atoms with van der Waals surface area (Å²) in [5.74, 6) is 0.164. The maximum Gasteiger partial charge on any atom is 0.233 e. The zero-order chi connectivity index (χ0) is 13.0. The van der Waals surface area contributed by atoms with E-state index in [1.54, 1.807) is 0 Å². The summed E-state index contributed by atoms with van der Waals surface area (Å²) in [5, 5.41) is 0. The van der Waals surface area contributed by atoms with Gasteiger partial charge in [0, 0.05) is 10.7 Å². The molecule has 18 heavy (non-hydrogen) atoms. The summed E-state index contributed by atoms with van der Waals surface area (Å²) in [7, 11) is 2.01. The average Bonchev–Trinajstić information content (AvgIpc) is 2.10. The van der Waals surface area contributed by atoms with Crippen LogP contribution in [-0.4, -0.2) is 14.2 Å². The second kappa shape index (κ2) is 3.73. The highest BCUT2D eigenvalue weighted by molar-refractivity contribution is 8.13. The lowest BCUT2D eigenvalue weighted by atomic mass is 9.34. The Morgan fingerprint density at radius 1 is 1.22 bits per heavy atom. The third kappa shape index (κ3) is 2.19. The number of aryl methyl sites for hydroxylation is 1. The fourth-order valence-corrected chi connectivity index (χ4v) is 5.92. The van der Waals surface area contributed by atoms with Crippen LogP contribution in [0.15, 0.2) is 24.3 Å². The van der Waals surface area contributed by atoms with Crippen molar-refractivity contribution in [2.75, 3.05) is 5.75 Å². The molecule has 3 saturated carbocycles. The van der Waals surface area contributed by atoms with E-state index in [9.17, 15) is 8.42 Å². The van der Waals surface area contributed by atoms with Gasteiger partial charge >= 0.3 is 0 Å². The monoisotopic (exact) mass is 284 g/mol. The van der Waals surface area contributed by atoms with Crippen molar-refractivity contribution in [3.63, 3.8) is 0 Å². The van der Waals surface area contributed by atoms with Crippen LogP contribution in [0.5, 0.6) is 0 Å². The smallest absolute Gasteiger partial charge is 0.212 e. The summed E-state index contributed by atoms with van der Waals surface area (Å²) in [4.78, 5) is 0. The molecule has 3 aliphatic rings. The molecule has 4 heteroatoms. The Kier molecular flexibility index (Phi) is 2.59. The Hall–Kier alpha value is -0.540. The van der Waals surface area contributed by atoms with Gasteiger partial charge in [0.05, 0.1) is 5.75 Å². The highest BCUT2D eigenvalue weighted by Gasteiger charge is 2.67. The predicted octanol–water partition coefficient (Wildman–Crippen LogP) is 3.28. The summed E-state index contributed by atoms with van der Waals surface area (Å²) >= 11 is 0. The molecule has 3 fully saturated rings. The maximum atomic E-state index is 11.1. The predicted molar refractivity (Wildman–Crippen MR) is 73.2 cm³/mol. The maximum absolute atomic E-state index is 11.1. The molecule has 3 aliphatic carbocycles. The molecular formula is C14H17ClO2S. The molecule has 0 atom stereocenters. The van der Waals surface area contributed by atoms with Gasteiger partial charge in [-0.05, 0) is 49.0 Å². The van der Waals surface area contributed by atoms with Gasteiger partial charge in [0.1, 0.15) is 0 Å². The van der Waals surface area contributed by atoms with Gasteiger partial charge in [-0.15, -0.1) is 0 Å². The Morgan fingerprint density at radius 2 is 1.89 bits per heavy atom. The fourth-order valence-electron chi connectivity index (χ4n) is 4.19. The zero-order valence-electron chi connectivity index (χ0n) is 10.4. The summed E-state index contributed by atoms with van der Waals surface area (Å²) < 4.78 is 22.3. The first-order valence-corrected chi connectivity index (χ1v) is 8.76. The molecule has 0 heterocycles. The Morgan fingerprint density at radius 3 is 2.44 bits per heavy atom. The van der Waals surface area contributed by atoms with Crippen molar-refractivity contribution in [2.45, 2.75) is 32.6 Å². The minimum absolute atomic E-state index is 0.0183. The van der Waals surface area contributed by atoms with Gasteiger partial charge in [-0.1, -0.05) is 29.8 Å². The van der Waals surface area contributed by atoms with Crippen LogP contribution < -0.4 is 0 Å². The molecule has 0 amide bonds. The van der Waals surface area contributed by atoms with Crippen molar-refractivity contribution in [3.8, 4) is 0 Å². The van der Waals surface area contributed by atoms with Gasteiger partial charge in [0.2, 0.25) is 9.05 Å². The highest BCUT2D eigenvalue weighted by atomic mass is 35.7. The van der Waals surface area contributed by atoms with Gasteiger partial charge in [-0.2, -0.15) is 0 Å². The lowest BCUT2D eigenvalue weighted by Crippen LogP contribution is -2.64. The molecule has 98 valence electrons. The number of rotatable bonds is 4. The quantitative estimate of drug-likeness (QED) is 0.795. The first-order chi connectivity index (χ1) is 8.30. The van der Waals surface area contributed by atoms with Gasteiger partial charge in [-0.25, -0.2) is 8.42 Å². The third-order valence-corrected chi connectivity index (χ3v) is 5.67. The Bertz CT molecular complexity index is 572. The van der Waals surface area contributed by atoms with E-state index in [2.05, 4.69) is 31.2 Å². The number of hydrogen-bond donors (Lipinski definition) is 0. The Labute approximate surface area is 113 Å².